The Kier molecular flexibility index (Phi) is 7.18. The van der Waals surface area contributed by atoms with Crippen LogP contribution in [0.25, 0.3) is 0 Å². The van der Waals surface area contributed by atoms with Crippen molar-refractivity contribution in [3.63, 3.8) is 0 Å². The van der Waals surface area contributed by atoms with Gasteiger partial charge in [-0.25, -0.2) is 0 Å². The quantitative estimate of drug-likeness (QED) is 0.230. The van der Waals surface area contributed by atoms with E-state index in [1.807, 2.05) is 11.1 Å². The summed E-state index contributed by atoms with van der Waals surface area (Å²) in [7, 11) is 1.56. The van der Waals surface area contributed by atoms with Crippen molar-refractivity contribution in [1.29, 1.82) is 5.26 Å². The number of rotatable bonds is 6. The Labute approximate surface area is 124 Å². The predicted molar refractivity (Wildman–Crippen MR) is 80.7 cm³/mol. The molecule has 1 amide bonds. The number of guanidine groups is 1. The van der Waals surface area contributed by atoms with Gasteiger partial charge >= 0.3 is 0 Å². The molecule has 1 aliphatic rings. The number of carbonyl (C=O) groups is 1. The molecule has 1 rings (SSSR count). The monoisotopic (exact) mass is 298 g/mol. The highest BCUT2D eigenvalue weighted by Crippen LogP contribution is 2.15. The van der Waals surface area contributed by atoms with Crippen LogP contribution >= 0.6 is 11.8 Å². The van der Waals surface area contributed by atoms with Crippen molar-refractivity contribution in [2.24, 2.45) is 16.5 Å². The standard InChI is InChI=1S/C12H22N6OS/c1-17(8-13)12(15)16-5-3-2-4-10(14)11(19)18-6-7-20-9-18/h10H,2-7,9,14H2,1H3,(H2,15,16)/t10-/m0/s1. The molecule has 0 aromatic rings. The maximum absolute atomic E-state index is 11.9. The van der Waals surface area contributed by atoms with E-state index in [9.17, 15) is 4.79 Å². The molecule has 0 radical (unpaired) electrons. The minimum Gasteiger partial charge on any atom is -0.369 e. The normalized spacial score (nSPS) is 16.9. The zero-order chi connectivity index (χ0) is 15.0. The van der Waals surface area contributed by atoms with Crippen LogP contribution in [0.3, 0.4) is 0 Å². The summed E-state index contributed by atoms with van der Waals surface area (Å²) < 4.78 is 0. The maximum atomic E-state index is 11.9. The second-order valence-electron chi connectivity index (χ2n) is 4.64. The number of nitriles is 1. The van der Waals surface area contributed by atoms with Gasteiger partial charge in [0.05, 0.1) is 11.9 Å². The molecule has 1 fully saturated rings. The number of hydrogen-bond acceptors (Lipinski definition) is 5. The topological polar surface area (TPSA) is 112 Å². The number of hydrogen-bond donors (Lipinski definition) is 2. The van der Waals surface area contributed by atoms with E-state index in [4.69, 9.17) is 16.7 Å². The maximum Gasteiger partial charge on any atom is 0.240 e. The van der Waals surface area contributed by atoms with E-state index >= 15 is 0 Å². The van der Waals surface area contributed by atoms with E-state index in [-0.39, 0.29) is 11.9 Å². The second kappa shape index (κ2) is 8.66. The molecule has 0 bridgehead atoms. The number of nitrogens with two attached hydrogens (primary N) is 2. The lowest BCUT2D eigenvalue weighted by atomic mass is 10.1. The molecule has 1 heterocycles. The summed E-state index contributed by atoms with van der Waals surface area (Å²) >= 11 is 1.75. The molecule has 0 saturated carbocycles. The first kappa shape index (κ1) is 16.6. The third-order valence-corrected chi connectivity index (χ3v) is 4.04. The van der Waals surface area contributed by atoms with Gasteiger partial charge in [-0.05, 0) is 19.3 Å². The van der Waals surface area contributed by atoms with Gasteiger partial charge in [0.15, 0.2) is 6.19 Å². The number of unbranched alkanes of at least 4 members (excludes halogenated alkanes) is 1. The van der Waals surface area contributed by atoms with Gasteiger partial charge in [-0.1, -0.05) is 0 Å². The summed E-state index contributed by atoms with van der Waals surface area (Å²) in [5.41, 5.74) is 11.5. The van der Waals surface area contributed by atoms with E-state index in [0.717, 1.165) is 31.0 Å². The van der Waals surface area contributed by atoms with Crippen molar-refractivity contribution in [2.75, 3.05) is 31.8 Å². The lowest BCUT2D eigenvalue weighted by molar-refractivity contribution is -0.131. The number of amides is 1. The molecular formula is C12H22N6OS. The van der Waals surface area contributed by atoms with Crippen molar-refractivity contribution >= 4 is 23.6 Å². The Morgan fingerprint density at radius 3 is 2.95 bits per heavy atom. The smallest absolute Gasteiger partial charge is 0.240 e. The molecular weight excluding hydrogens is 276 g/mol. The Hall–Kier alpha value is -1.46. The van der Waals surface area contributed by atoms with E-state index in [0.29, 0.717) is 13.0 Å². The molecule has 20 heavy (non-hydrogen) atoms. The van der Waals surface area contributed by atoms with E-state index in [1.54, 1.807) is 18.8 Å². The zero-order valence-corrected chi connectivity index (χ0v) is 12.6. The van der Waals surface area contributed by atoms with Gasteiger partial charge in [-0.15, -0.1) is 11.8 Å². The van der Waals surface area contributed by atoms with Crippen LogP contribution in [-0.4, -0.2) is 59.5 Å². The average molecular weight is 298 g/mol. The lowest BCUT2D eigenvalue weighted by Crippen LogP contribution is -2.42. The molecule has 1 saturated heterocycles. The average Bonchev–Trinajstić information content (AvgIpc) is 2.98. The Morgan fingerprint density at radius 2 is 2.35 bits per heavy atom. The first-order chi connectivity index (χ1) is 9.56. The van der Waals surface area contributed by atoms with Gasteiger partial charge in [0, 0.05) is 25.9 Å². The molecule has 7 nitrogen and oxygen atoms in total. The van der Waals surface area contributed by atoms with Crippen LogP contribution in [0.1, 0.15) is 19.3 Å². The van der Waals surface area contributed by atoms with E-state index in [2.05, 4.69) is 4.99 Å². The molecule has 0 aromatic carbocycles. The highest BCUT2D eigenvalue weighted by molar-refractivity contribution is 7.99. The van der Waals surface area contributed by atoms with Crippen LogP contribution in [0.15, 0.2) is 4.99 Å². The summed E-state index contributed by atoms with van der Waals surface area (Å²) in [5.74, 6) is 2.01. The van der Waals surface area contributed by atoms with Gasteiger partial charge in [0.1, 0.15) is 0 Å². The van der Waals surface area contributed by atoms with E-state index in [1.165, 1.54) is 4.90 Å². The fourth-order valence-corrected chi connectivity index (χ4v) is 2.73. The summed E-state index contributed by atoms with van der Waals surface area (Å²) in [6.45, 7) is 1.34. The van der Waals surface area contributed by atoms with Crippen molar-refractivity contribution in [3.8, 4) is 6.19 Å². The summed E-state index contributed by atoms with van der Waals surface area (Å²) in [5, 5.41) is 8.60. The van der Waals surface area contributed by atoms with Crippen LogP contribution < -0.4 is 11.5 Å². The number of nitrogens with zero attached hydrogens (tertiary/aromatic N) is 4. The van der Waals surface area contributed by atoms with E-state index < -0.39 is 6.04 Å². The number of thioether (sulfide) groups is 1. The zero-order valence-electron chi connectivity index (χ0n) is 11.8. The summed E-state index contributed by atoms with van der Waals surface area (Å²) in [6, 6.07) is -0.420. The van der Waals surface area contributed by atoms with Gasteiger partial charge in [-0.3, -0.25) is 14.7 Å². The molecule has 0 aromatic heterocycles. The van der Waals surface area contributed by atoms with Crippen molar-refractivity contribution < 1.29 is 4.79 Å². The van der Waals surface area contributed by atoms with Crippen LogP contribution in [0.5, 0.6) is 0 Å². The Bertz CT molecular complexity index is 388. The van der Waals surface area contributed by atoms with Crippen molar-refractivity contribution in [2.45, 2.75) is 25.3 Å². The third kappa shape index (κ3) is 5.27. The van der Waals surface area contributed by atoms with Gasteiger partial charge in [0.25, 0.3) is 0 Å². The van der Waals surface area contributed by atoms with Gasteiger partial charge in [0.2, 0.25) is 11.9 Å². The fourth-order valence-electron chi connectivity index (χ4n) is 1.77. The highest BCUT2D eigenvalue weighted by Gasteiger charge is 2.23. The van der Waals surface area contributed by atoms with Gasteiger partial charge < -0.3 is 16.4 Å². The predicted octanol–water partition coefficient (Wildman–Crippen LogP) is -0.256. The summed E-state index contributed by atoms with van der Waals surface area (Å²) in [6.07, 6.45) is 4.15. The van der Waals surface area contributed by atoms with Crippen LogP contribution in [0.4, 0.5) is 0 Å². The minimum atomic E-state index is -0.420. The summed E-state index contributed by atoms with van der Waals surface area (Å²) in [4.78, 5) is 19.0. The molecule has 1 atom stereocenters. The third-order valence-electron chi connectivity index (χ3n) is 3.07. The van der Waals surface area contributed by atoms with Crippen molar-refractivity contribution in [3.05, 3.63) is 0 Å². The molecule has 0 aliphatic carbocycles. The van der Waals surface area contributed by atoms with Crippen LogP contribution in [-0.2, 0) is 4.79 Å². The minimum absolute atomic E-state index is 0.0437. The number of carbonyl (C=O) groups excluding carboxylic acids is 1. The van der Waals surface area contributed by atoms with Crippen molar-refractivity contribution in [1.82, 2.24) is 9.80 Å². The lowest BCUT2D eigenvalue weighted by Gasteiger charge is -2.19. The second-order valence-corrected chi connectivity index (χ2v) is 5.71. The molecule has 112 valence electrons. The first-order valence-corrected chi connectivity index (χ1v) is 7.77. The Balaban J connectivity index is 2.17. The fraction of sp³-hybridized carbons (Fsp3) is 0.750. The Morgan fingerprint density at radius 1 is 1.60 bits per heavy atom. The SMILES string of the molecule is CN(C#N)C(N)=NCCCC[C@H](N)C(=O)N1CCSC1. The first-order valence-electron chi connectivity index (χ1n) is 6.61. The van der Waals surface area contributed by atoms with Gasteiger partial charge in [-0.2, -0.15) is 5.26 Å². The van der Waals surface area contributed by atoms with Crippen LogP contribution in [0.2, 0.25) is 0 Å². The molecule has 4 N–H and O–H groups in total. The van der Waals surface area contributed by atoms with Crippen LogP contribution in [0, 0.1) is 11.5 Å². The molecule has 0 spiro atoms. The molecule has 0 unspecified atom stereocenters. The highest BCUT2D eigenvalue weighted by atomic mass is 32.2. The molecule has 1 aliphatic heterocycles. The number of aliphatic imine (C=N–C) groups is 1. The largest absolute Gasteiger partial charge is 0.369 e. The molecule has 8 heteroatoms.